The number of hydrogen-bond acceptors (Lipinski definition) is 2. The molecule has 0 fully saturated rings. The number of carboxylic acids is 1. The number of aliphatic carboxylic acids is 1. The van der Waals surface area contributed by atoms with Crippen molar-refractivity contribution in [2.75, 3.05) is 27.7 Å². The molecule has 11 heavy (non-hydrogen) atoms. The summed E-state index contributed by atoms with van der Waals surface area (Å²) in [5.74, 6) is -1.28. The van der Waals surface area contributed by atoms with Gasteiger partial charge in [0.2, 0.25) is 0 Å². The maximum Gasteiger partial charge on any atom is 0.306 e. The maximum absolute atomic E-state index is 10.3. The highest BCUT2D eigenvalue weighted by molar-refractivity contribution is 5.67. The van der Waals surface area contributed by atoms with Gasteiger partial charge in [0.1, 0.15) is 12.6 Å². The van der Waals surface area contributed by atoms with Gasteiger partial charge in [-0.15, -0.1) is 0 Å². The molecule has 0 saturated carbocycles. The lowest BCUT2D eigenvalue weighted by atomic mass is 10.2. The molecule has 0 amide bonds. The number of quaternary nitrogens is 1. The number of hydrogen-bond donors (Lipinski definition) is 2. The zero-order valence-corrected chi connectivity index (χ0v) is 7.11. The first-order chi connectivity index (χ1) is 5.24. The molecule has 2 atom stereocenters. The van der Waals surface area contributed by atoms with Crippen molar-refractivity contribution >= 4 is 5.97 Å². The lowest BCUT2D eigenvalue weighted by Gasteiger charge is -2.25. The highest BCUT2D eigenvalue weighted by atomic mass is 16.4. The Balaban J connectivity index is 4.04. The quantitative estimate of drug-likeness (QED) is 0.551. The highest BCUT2D eigenvalue weighted by Gasteiger charge is 2.17. The Morgan fingerprint density at radius 3 is 2.36 bits per heavy atom. The normalized spacial score (nSPS) is 18.7. The van der Waals surface area contributed by atoms with Crippen LogP contribution in [0.15, 0.2) is 0 Å². The van der Waals surface area contributed by atoms with E-state index in [-0.39, 0.29) is 6.54 Å². The van der Waals surface area contributed by atoms with Crippen LogP contribution in [0.25, 0.3) is 0 Å². The van der Waals surface area contributed by atoms with Crippen molar-refractivity contribution in [2.24, 2.45) is 0 Å². The van der Waals surface area contributed by atoms with Gasteiger partial charge in [0, 0.05) is 1.37 Å². The molecule has 0 saturated heterocycles. The van der Waals surface area contributed by atoms with Crippen LogP contribution in [0.1, 0.15) is 7.77 Å². The van der Waals surface area contributed by atoms with Crippen LogP contribution in [0.2, 0.25) is 0 Å². The first-order valence-corrected chi connectivity index (χ1v) is 3.37. The van der Waals surface area contributed by atoms with Crippen molar-refractivity contribution in [2.45, 2.75) is 12.5 Å². The van der Waals surface area contributed by atoms with Crippen molar-refractivity contribution < 1.29 is 20.9 Å². The minimum absolute atomic E-state index is 0.264. The Labute approximate surface area is 68.1 Å². The van der Waals surface area contributed by atoms with Gasteiger partial charge in [-0.1, -0.05) is 0 Å². The Bertz CT molecular complexity index is 167. The van der Waals surface area contributed by atoms with Gasteiger partial charge >= 0.3 is 5.97 Å². The molecule has 0 aromatic rings. The smallest absolute Gasteiger partial charge is 0.306 e. The summed E-state index contributed by atoms with van der Waals surface area (Å²) in [4.78, 5) is 10.3. The molecule has 0 aromatic heterocycles. The Hall–Kier alpha value is -0.610. The van der Waals surface area contributed by atoms with E-state index in [1.54, 1.807) is 0 Å². The zero-order valence-electron chi connectivity index (χ0n) is 8.11. The van der Waals surface area contributed by atoms with E-state index in [1.165, 1.54) is 0 Å². The van der Waals surface area contributed by atoms with Crippen LogP contribution in [0, 0.1) is 0 Å². The Morgan fingerprint density at radius 1 is 1.64 bits per heavy atom. The van der Waals surface area contributed by atoms with E-state index in [0.717, 1.165) is 0 Å². The predicted octanol–water partition coefficient (Wildman–Crippen LogP) is -0.472. The SMILES string of the molecule is [2H][C@H](C(=O)O)[C@@H](O)C[N+](C)(C)C. The summed E-state index contributed by atoms with van der Waals surface area (Å²) in [5.41, 5.74) is 0. The third-order valence-corrected chi connectivity index (χ3v) is 1.07. The fraction of sp³-hybridized carbons (Fsp3) is 0.857. The standard InChI is InChI=1S/C7H15NO3/c1-8(2,3)5-6(9)4-7(10)11/h6,9H,4-5H2,1-3H3/p+1/t6-/m1/s1/i4D/t4-,6+/m0. The molecule has 0 aromatic carbocycles. The first-order valence-electron chi connectivity index (χ1n) is 3.95. The number of nitrogens with zero attached hydrogens (tertiary/aromatic N) is 1. The Morgan fingerprint density at radius 2 is 2.09 bits per heavy atom. The molecule has 0 bridgehead atoms. The largest absolute Gasteiger partial charge is 0.481 e. The fourth-order valence-electron chi connectivity index (χ4n) is 0.778. The molecule has 0 heterocycles. The summed E-state index contributed by atoms with van der Waals surface area (Å²) in [6, 6.07) is 0. The number of rotatable bonds is 4. The second kappa shape index (κ2) is 3.69. The van der Waals surface area contributed by atoms with Gasteiger partial charge in [0.05, 0.1) is 27.5 Å². The molecule has 0 aliphatic rings. The van der Waals surface area contributed by atoms with Crippen LogP contribution in [-0.4, -0.2) is 54.5 Å². The van der Waals surface area contributed by atoms with Crippen LogP contribution in [0.3, 0.4) is 0 Å². The van der Waals surface area contributed by atoms with Gasteiger partial charge in [-0.2, -0.15) is 0 Å². The molecular weight excluding hydrogens is 146 g/mol. The van der Waals surface area contributed by atoms with Crippen molar-refractivity contribution in [3.8, 4) is 0 Å². The summed E-state index contributed by atoms with van der Waals surface area (Å²) in [6.45, 7) is 0.264. The van der Waals surface area contributed by atoms with E-state index in [1.807, 2.05) is 21.1 Å². The van der Waals surface area contributed by atoms with E-state index in [0.29, 0.717) is 4.48 Å². The average Bonchev–Trinajstić information content (AvgIpc) is 1.82. The summed E-state index contributed by atoms with van der Waals surface area (Å²) >= 11 is 0. The minimum Gasteiger partial charge on any atom is -0.481 e. The molecule has 0 unspecified atom stereocenters. The highest BCUT2D eigenvalue weighted by Crippen LogP contribution is 1.98. The Kier molecular flexibility index (Phi) is 2.84. The molecule has 4 heteroatoms. The zero-order chi connectivity index (χ0) is 9.94. The van der Waals surface area contributed by atoms with Crippen molar-refractivity contribution in [3.63, 3.8) is 0 Å². The third kappa shape index (κ3) is 7.29. The van der Waals surface area contributed by atoms with Crippen molar-refractivity contribution in [3.05, 3.63) is 0 Å². The minimum atomic E-state index is -1.44. The second-order valence-corrected chi connectivity index (χ2v) is 3.55. The summed E-state index contributed by atoms with van der Waals surface area (Å²) < 4.78 is 7.50. The van der Waals surface area contributed by atoms with Crippen LogP contribution in [-0.2, 0) is 4.79 Å². The average molecular weight is 163 g/mol. The monoisotopic (exact) mass is 163 g/mol. The number of aliphatic hydroxyl groups excluding tert-OH is 1. The maximum atomic E-state index is 10.3. The van der Waals surface area contributed by atoms with Gasteiger partial charge in [-0.3, -0.25) is 4.79 Å². The third-order valence-electron chi connectivity index (χ3n) is 1.07. The number of carboxylic acid groups (broad SMARTS) is 1. The number of carbonyl (C=O) groups is 1. The van der Waals surface area contributed by atoms with Crippen molar-refractivity contribution in [1.82, 2.24) is 0 Å². The predicted molar refractivity (Wildman–Crippen MR) is 41.2 cm³/mol. The molecule has 2 N–H and O–H groups in total. The summed E-state index contributed by atoms with van der Waals surface area (Å²) in [5, 5.41) is 17.6. The molecule has 66 valence electrons. The second-order valence-electron chi connectivity index (χ2n) is 3.55. The van der Waals surface area contributed by atoms with Crippen LogP contribution < -0.4 is 0 Å². The van der Waals surface area contributed by atoms with E-state index < -0.39 is 18.5 Å². The van der Waals surface area contributed by atoms with Crippen LogP contribution >= 0.6 is 0 Å². The van der Waals surface area contributed by atoms with Crippen LogP contribution in [0.5, 0.6) is 0 Å². The fourth-order valence-corrected chi connectivity index (χ4v) is 0.778. The molecule has 0 radical (unpaired) electrons. The van der Waals surface area contributed by atoms with E-state index >= 15 is 0 Å². The lowest BCUT2D eigenvalue weighted by Crippen LogP contribution is -2.42. The number of aliphatic hydroxyl groups is 1. The van der Waals surface area contributed by atoms with Gasteiger partial charge in [0.15, 0.2) is 0 Å². The van der Waals surface area contributed by atoms with Gasteiger partial charge in [0.25, 0.3) is 0 Å². The summed E-state index contributed by atoms with van der Waals surface area (Å²) in [7, 11) is 5.49. The van der Waals surface area contributed by atoms with Gasteiger partial charge in [-0.05, 0) is 0 Å². The van der Waals surface area contributed by atoms with E-state index in [4.69, 9.17) is 6.48 Å². The summed E-state index contributed by atoms with van der Waals surface area (Å²) in [6.07, 6.45) is -2.55. The molecule has 4 nitrogen and oxygen atoms in total. The molecule has 0 aliphatic carbocycles. The van der Waals surface area contributed by atoms with Gasteiger partial charge < -0.3 is 14.7 Å². The molecule has 0 aliphatic heterocycles. The lowest BCUT2D eigenvalue weighted by molar-refractivity contribution is -0.873. The van der Waals surface area contributed by atoms with Crippen LogP contribution in [0.4, 0.5) is 0 Å². The first kappa shape index (κ1) is 8.49. The van der Waals surface area contributed by atoms with E-state index in [2.05, 4.69) is 0 Å². The van der Waals surface area contributed by atoms with E-state index in [9.17, 15) is 9.90 Å². The topological polar surface area (TPSA) is 57.5 Å². The number of likely N-dealkylation sites (N-methyl/N-ethyl adjacent to an activating group) is 1. The molecule has 0 rings (SSSR count). The molecule has 0 spiro atoms. The van der Waals surface area contributed by atoms with Crippen molar-refractivity contribution in [1.29, 1.82) is 0 Å². The molecular formula is C7H16NO3+. The van der Waals surface area contributed by atoms with Gasteiger partial charge in [-0.25, -0.2) is 0 Å².